The molecule has 16 heavy (non-hydrogen) atoms. The Kier molecular flexibility index (Phi) is 2.92. The van der Waals surface area contributed by atoms with Gasteiger partial charge in [-0.1, -0.05) is 16.9 Å². The van der Waals surface area contributed by atoms with E-state index in [2.05, 4.69) is 15.2 Å². The molecule has 0 saturated heterocycles. The zero-order chi connectivity index (χ0) is 11.8. The molecule has 0 amide bonds. The first-order chi connectivity index (χ1) is 7.46. The molecule has 6 heteroatoms. The molecule has 0 fully saturated rings. The van der Waals surface area contributed by atoms with Crippen LogP contribution >= 0.6 is 11.8 Å². The lowest BCUT2D eigenvalue weighted by Crippen LogP contribution is -2.18. The number of thioether (sulfide) groups is 1. The van der Waals surface area contributed by atoms with Gasteiger partial charge in [0, 0.05) is 13.5 Å². The Morgan fingerprint density at radius 1 is 1.50 bits per heavy atom. The second-order valence-electron chi connectivity index (χ2n) is 4.50. The fourth-order valence-corrected chi connectivity index (χ4v) is 2.60. The first-order valence-corrected chi connectivity index (χ1v) is 6.19. The molecule has 0 aromatic carbocycles. The van der Waals surface area contributed by atoms with Crippen LogP contribution < -0.4 is 0 Å². The molecule has 2 rings (SSSR count). The molecule has 0 N–H and O–H groups in total. The maximum absolute atomic E-state index is 5.30. The minimum absolute atomic E-state index is 0.155. The number of aromatic nitrogens is 3. The standard InChI is InChI=1S/C10H16N4OS/c1-7-11-8(14(4)12-7)6-16-9-5-10(2,3)15-13-9/h5-6H2,1-4H3. The van der Waals surface area contributed by atoms with E-state index in [9.17, 15) is 0 Å². The average Bonchev–Trinajstić information content (AvgIpc) is 2.66. The van der Waals surface area contributed by atoms with Gasteiger partial charge in [0.2, 0.25) is 0 Å². The van der Waals surface area contributed by atoms with Gasteiger partial charge in [0.05, 0.1) is 5.75 Å². The van der Waals surface area contributed by atoms with Crippen LogP contribution in [0.1, 0.15) is 31.9 Å². The van der Waals surface area contributed by atoms with Crippen molar-refractivity contribution >= 4 is 16.8 Å². The predicted molar refractivity (Wildman–Crippen MR) is 64.3 cm³/mol. The Morgan fingerprint density at radius 3 is 2.75 bits per heavy atom. The van der Waals surface area contributed by atoms with Crippen molar-refractivity contribution in [2.45, 2.75) is 38.5 Å². The summed E-state index contributed by atoms with van der Waals surface area (Å²) in [6, 6.07) is 0. The SMILES string of the molecule is Cc1nc(CSC2=NOC(C)(C)C2)n(C)n1. The smallest absolute Gasteiger partial charge is 0.147 e. The van der Waals surface area contributed by atoms with Gasteiger partial charge >= 0.3 is 0 Å². The fraction of sp³-hybridized carbons (Fsp3) is 0.700. The highest BCUT2D eigenvalue weighted by atomic mass is 32.2. The van der Waals surface area contributed by atoms with Crippen molar-refractivity contribution in [3.63, 3.8) is 0 Å². The number of oxime groups is 1. The molecule has 1 aromatic heterocycles. The maximum Gasteiger partial charge on any atom is 0.147 e. The largest absolute Gasteiger partial charge is 0.389 e. The van der Waals surface area contributed by atoms with E-state index in [0.717, 1.165) is 28.9 Å². The summed E-state index contributed by atoms with van der Waals surface area (Å²) in [6.45, 7) is 5.97. The molecule has 0 bridgehead atoms. The third-order valence-electron chi connectivity index (χ3n) is 2.30. The summed E-state index contributed by atoms with van der Waals surface area (Å²) >= 11 is 1.67. The van der Waals surface area contributed by atoms with E-state index >= 15 is 0 Å². The van der Waals surface area contributed by atoms with E-state index in [4.69, 9.17) is 4.84 Å². The fourth-order valence-electron chi connectivity index (χ4n) is 1.51. The van der Waals surface area contributed by atoms with Crippen LogP contribution in [0.4, 0.5) is 0 Å². The van der Waals surface area contributed by atoms with Crippen LogP contribution in [0, 0.1) is 6.92 Å². The highest BCUT2D eigenvalue weighted by Crippen LogP contribution is 2.28. The molecular weight excluding hydrogens is 224 g/mol. The van der Waals surface area contributed by atoms with Gasteiger partial charge in [-0.05, 0) is 20.8 Å². The zero-order valence-corrected chi connectivity index (χ0v) is 10.8. The average molecular weight is 240 g/mol. The number of nitrogens with zero attached hydrogens (tertiary/aromatic N) is 4. The quantitative estimate of drug-likeness (QED) is 0.792. The van der Waals surface area contributed by atoms with Gasteiger partial charge in [-0.2, -0.15) is 5.10 Å². The summed E-state index contributed by atoms with van der Waals surface area (Å²) in [5, 5.41) is 9.30. The third-order valence-corrected chi connectivity index (χ3v) is 3.25. The lowest BCUT2D eigenvalue weighted by Gasteiger charge is -2.12. The Labute approximate surface area is 99.3 Å². The van der Waals surface area contributed by atoms with Crippen LogP contribution in [0.25, 0.3) is 0 Å². The highest BCUT2D eigenvalue weighted by Gasteiger charge is 2.29. The van der Waals surface area contributed by atoms with Gasteiger partial charge in [-0.15, -0.1) is 0 Å². The summed E-state index contributed by atoms with van der Waals surface area (Å²) in [4.78, 5) is 9.64. The van der Waals surface area contributed by atoms with Crippen LogP contribution in [-0.4, -0.2) is 25.4 Å². The topological polar surface area (TPSA) is 52.3 Å². The number of hydrogen-bond donors (Lipinski definition) is 0. The zero-order valence-electron chi connectivity index (χ0n) is 10.0. The maximum atomic E-state index is 5.30. The molecule has 5 nitrogen and oxygen atoms in total. The molecule has 1 aliphatic heterocycles. The molecule has 0 unspecified atom stereocenters. The molecule has 0 atom stereocenters. The molecule has 0 saturated carbocycles. The van der Waals surface area contributed by atoms with Gasteiger partial charge in [-0.25, -0.2) is 4.98 Å². The van der Waals surface area contributed by atoms with E-state index in [0.29, 0.717) is 0 Å². The van der Waals surface area contributed by atoms with Crippen LogP contribution in [0.2, 0.25) is 0 Å². The minimum atomic E-state index is -0.155. The summed E-state index contributed by atoms with van der Waals surface area (Å²) in [7, 11) is 1.91. The molecule has 88 valence electrons. The van der Waals surface area contributed by atoms with Crippen molar-refractivity contribution in [2.24, 2.45) is 12.2 Å². The van der Waals surface area contributed by atoms with Crippen LogP contribution in [-0.2, 0) is 17.6 Å². The molecule has 0 aliphatic carbocycles. The summed E-state index contributed by atoms with van der Waals surface area (Å²) in [6.07, 6.45) is 0.870. The Morgan fingerprint density at radius 2 is 2.25 bits per heavy atom. The van der Waals surface area contributed by atoms with Crippen molar-refractivity contribution in [2.75, 3.05) is 0 Å². The molecule has 0 radical (unpaired) electrons. The summed E-state index contributed by atoms with van der Waals surface area (Å²) in [5.74, 6) is 2.56. The van der Waals surface area contributed by atoms with Crippen molar-refractivity contribution in [3.8, 4) is 0 Å². The lowest BCUT2D eigenvalue weighted by molar-refractivity contribution is 0.0123. The highest BCUT2D eigenvalue weighted by molar-refractivity contribution is 8.13. The minimum Gasteiger partial charge on any atom is -0.389 e. The normalized spacial score (nSPS) is 18.4. The number of aryl methyl sites for hydroxylation is 2. The second-order valence-corrected chi connectivity index (χ2v) is 5.55. The second kappa shape index (κ2) is 4.08. The third kappa shape index (κ3) is 2.55. The Hall–Kier alpha value is -1.04. The van der Waals surface area contributed by atoms with Gasteiger partial charge in [-0.3, -0.25) is 4.68 Å². The monoisotopic (exact) mass is 240 g/mol. The first kappa shape index (κ1) is 11.4. The van der Waals surface area contributed by atoms with Gasteiger partial charge in [0.25, 0.3) is 0 Å². The van der Waals surface area contributed by atoms with Crippen LogP contribution in [0.5, 0.6) is 0 Å². The molecule has 0 spiro atoms. The van der Waals surface area contributed by atoms with Gasteiger partial charge < -0.3 is 4.84 Å². The van der Waals surface area contributed by atoms with Crippen LogP contribution in [0.3, 0.4) is 0 Å². The molecular formula is C10H16N4OS. The van der Waals surface area contributed by atoms with Crippen molar-refractivity contribution in [1.82, 2.24) is 14.8 Å². The number of hydrogen-bond acceptors (Lipinski definition) is 5. The van der Waals surface area contributed by atoms with E-state index in [1.807, 2.05) is 32.5 Å². The van der Waals surface area contributed by atoms with E-state index in [1.165, 1.54) is 0 Å². The molecule has 1 aromatic rings. The van der Waals surface area contributed by atoms with E-state index in [1.54, 1.807) is 11.8 Å². The summed E-state index contributed by atoms with van der Waals surface area (Å²) < 4.78 is 1.81. The summed E-state index contributed by atoms with van der Waals surface area (Å²) in [5.41, 5.74) is -0.155. The lowest BCUT2D eigenvalue weighted by atomic mass is 10.1. The molecule has 1 aliphatic rings. The predicted octanol–water partition coefficient (Wildman–Crippen LogP) is 1.87. The van der Waals surface area contributed by atoms with E-state index < -0.39 is 0 Å². The van der Waals surface area contributed by atoms with Crippen molar-refractivity contribution in [3.05, 3.63) is 11.6 Å². The van der Waals surface area contributed by atoms with Gasteiger partial charge in [0.1, 0.15) is 22.3 Å². The Bertz CT molecular complexity index is 424. The Balaban J connectivity index is 1.92. The van der Waals surface area contributed by atoms with Gasteiger partial charge in [0.15, 0.2) is 0 Å². The first-order valence-electron chi connectivity index (χ1n) is 5.21. The van der Waals surface area contributed by atoms with Crippen molar-refractivity contribution < 1.29 is 4.84 Å². The van der Waals surface area contributed by atoms with Crippen LogP contribution in [0.15, 0.2) is 5.16 Å². The van der Waals surface area contributed by atoms with Crippen molar-refractivity contribution in [1.29, 1.82) is 0 Å². The number of rotatable bonds is 2. The molecule has 2 heterocycles. The van der Waals surface area contributed by atoms with E-state index in [-0.39, 0.29) is 5.60 Å².